The molecule has 0 saturated heterocycles. The number of nitrogens with zero attached hydrogens (tertiary/aromatic N) is 4. The van der Waals surface area contributed by atoms with Gasteiger partial charge in [-0.15, -0.1) is 4.98 Å². The monoisotopic (exact) mass is 479 g/mol. The van der Waals surface area contributed by atoms with Gasteiger partial charge in [0.2, 0.25) is 21.9 Å². The summed E-state index contributed by atoms with van der Waals surface area (Å²) in [6.07, 6.45) is 2.25. The second-order valence-electron chi connectivity index (χ2n) is 8.82. The summed E-state index contributed by atoms with van der Waals surface area (Å²) in [5.74, 6) is 1.10. The molecule has 2 unspecified atom stereocenters. The molecule has 2 aromatic rings. The number of sulfonamides is 1. The van der Waals surface area contributed by atoms with Crippen LogP contribution in [-0.4, -0.2) is 60.3 Å². The zero-order chi connectivity index (χ0) is 24.8. The number of aliphatic hydroxyl groups is 1. The van der Waals surface area contributed by atoms with E-state index in [4.69, 9.17) is 0 Å². The highest BCUT2D eigenvalue weighted by molar-refractivity contribution is 7.91. The van der Waals surface area contributed by atoms with Crippen molar-refractivity contribution in [2.75, 3.05) is 29.5 Å². The van der Waals surface area contributed by atoms with Crippen LogP contribution >= 0.6 is 0 Å². The molecule has 0 spiro atoms. The summed E-state index contributed by atoms with van der Waals surface area (Å²) in [4.78, 5) is 26.2. The van der Waals surface area contributed by atoms with E-state index in [0.717, 1.165) is 23.9 Å². The molecule has 182 valence electrons. The summed E-state index contributed by atoms with van der Waals surface area (Å²) >= 11 is 0. The largest absolute Gasteiger partial charge is 0.390 e. The molecular weight excluding hydrogens is 444 g/mol. The maximum atomic E-state index is 11.7. The van der Waals surface area contributed by atoms with Gasteiger partial charge in [-0.25, -0.2) is 8.42 Å². The lowest BCUT2D eigenvalue weighted by Gasteiger charge is -2.17. The third kappa shape index (κ3) is 8.67. The van der Waals surface area contributed by atoms with Crippen molar-refractivity contribution in [3.8, 4) is 0 Å². The molecule has 1 amide bonds. The number of anilines is 2. The predicted octanol–water partition coefficient (Wildman–Crippen LogP) is 1.17. The fourth-order valence-electron chi connectivity index (χ4n) is 3.43. The van der Waals surface area contributed by atoms with Crippen LogP contribution < -0.4 is 14.9 Å². The average Bonchev–Trinajstić information content (AvgIpc) is 2.70. The Morgan fingerprint density at radius 2 is 1.79 bits per heavy atom. The lowest BCUT2D eigenvalue weighted by molar-refractivity contribution is -0.621. The summed E-state index contributed by atoms with van der Waals surface area (Å²) in [5, 5.41) is 11.5. The first-order chi connectivity index (χ1) is 15.4. The fraction of sp³-hybridized carbons (Fsp3) is 0.545. The Hall–Kier alpha value is -2.63. The highest BCUT2D eigenvalue weighted by Gasteiger charge is 2.20. The second kappa shape index (κ2) is 11.5. The maximum absolute atomic E-state index is 11.7. The van der Waals surface area contributed by atoms with E-state index in [1.807, 2.05) is 31.2 Å². The minimum absolute atomic E-state index is 0.0346. The number of nitrogens with one attached hydrogen (secondary N) is 1. The fourth-order valence-corrected chi connectivity index (χ4v) is 3.85. The topological polar surface area (TPSA) is 142 Å². The molecule has 10 nitrogen and oxygen atoms in total. The number of quaternary nitrogens is 1. The van der Waals surface area contributed by atoms with E-state index in [9.17, 15) is 18.3 Å². The molecule has 2 atom stereocenters. The van der Waals surface area contributed by atoms with Crippen LogP contribution in [0.1, 0.15) is 51.4 Å². The lowest BCUT2D eigenvalue weighted by Crippen LogP contribution is -2.86. The smallest absolute Gasteiger partial charge is 0.330 e. The van der Waals surface area contributed by atoms with Gasteiger partial charge in [-0.2, -0.15) is 9.97 Å². The van der Waals surface area contributed by atoms with Crippen LogP contribution in [-0.2, 0) is 21.2 Å². The molecule has 33 heavy (non-hydrogen) atoms. The number of hydrogen-bond donors (Lipinski definition) is 3. The molecule has 0 bridgehead atoms. The molecule has 0 saturated carbocycles. The van der Waals surface area contributed by atoms with Crippen molar-refractivity contribution < 1.29 is 23.6 Å². The van der Waals surface area contributed by atoms with E-state index in [-0.39, 0.29) is 30.4 Å². The van der Waals surface area contributed by atoms with E-state index in [2.05, 4.69) is 33.5 Å². The van der Waals surface area contributed by atoms with E-state index in [0.29, 0.717) is 24.1 Å². The molecule has 0 radical (unpaired) electrons. The van der Waals surface area contributed by atoms with Gasteiger partial charge in [0.15, 0.2) is 0 Å². The highest BCUT2D eigenvalue weighted by Crippen LogP contribution is 2.23. The van der Waals surface area contributed by atoms with E-state index < -0.39 is 10.0 Å². The standard InChI is InChI=1S/C22H34N6O4S/c1-14(2)11-18(13-29)23-21-24-20(25-22(26-21)27-33(6,31)32)12-15(3)17-7-9-19(10-8-17)28(5)16(4)30/h7-10,14-15,18,29H,11-13H2,1-6H3,(H2,23,24,25,26,27)/p+1. The number of benzene rings is 1. The van der Waals surface area contributed by atoms with E-state index in [1.165, 1.54) is 6.92 Å². The molecule has 0 fully saturated rings. The van der Waals surface area contributed by atoms with Crippen molar-refractivity contribution in [2.24, 2.45) is 5.92 Å². The van der Waals surface area contributed by atoms with Crippen molar-refractivity contribution in [1.82, 2.24) is 15.0 Å². The van der Waals surface area contributed by atoms with Crippen LogP contribution in [0.25, 0.3) is 0 Å². The SMILES string of the molecule is CC(=O)N(C)c1ccc(C(C)Cc2nc(NS(C)(=O)=O)nc([NH2+]C(CO)CC(C)C)n2)cc1. The maximum Gasteiger partial charge on any atom is 0.330 e. The zero-order valence-corrected chi connectivity index (χ0v) is 20.9. The van der Waals surface area contributed by atoms with Crippen LogP contribution in [0.4, 0.5) is 17.6 Å². The summed E-state index contributed by atoms with van der Waals surface area (Å²) < 4.78 is 25.8. The minimum atomic E-state index is -3.56. The first kappa shape index (κ1) is 26.6. The molecule has 1 heterocycles. The third-order valence-corrected chi connectivity index (χ3v) is 5.73. The van der Waals surface area contributed by atoms with Crippen molar-refractivity contribution in [3.05, 3.63) is 35.7 Å². The number of rotatable bonds is 11. The van der Waals surface area contributed by atoms with Crippen LogP contribution in [0.5, 0.6) is 0 Å². The number of carbonyl (C=O) groups is 1. The van der Waals surface area contributed by atoms with Gasteiger partial charge in [0.1, 0.15) is 11.9 Å². The molecule has 0 aliphatic carbocycles. The van der Waals surface area contributed by atoms with Crippen molar-refractivity contribution in [2.45, 2.75) is 52.5 Å². The normalized spacial score (nSPS) is 13.6. The van der Waals surface area contributed by atoms with Crippen molar-refractivity contribution in [1.29, 1.82) is 0 Å². The van der Waals surface area contributed by atoms with Crippen LogP contribution in [0, 0.1) is 5.92 Å². The number of aromatic nitrogens is 3. The van der Waals surface area contributed by atoms with Crippen LogP contribution in [0.15, 0.2) is 24.3 Å². The molecule has 11 heteroatoms. The lowest BCUT2D eigenvalue weighted by atomic mass is 9.97. The highest BCUT2D eigenvalue weighted by atomic mass is 32.2. The number of hydrogen-bond acceptors (Lipinski definition) is 7. The van der Waals surface area contributed by atoms with E-state index in [1.54, 1.807) is 17.3 Å². The average molecular weight is 480 g/mol. The van der Waals surface area contributed by atoms with Gasteiger partial charge in [-0.1, -0.05) is 32.9 Å². The Morgan fingerprint density at radius 1 is 1.15 bits per heavy atom. The summed E-state index contributed by atoms with van der Waals surface area (Å²) in [6, 6.07) is 7.53. The predicted molar refractivity (Wildman–Crippen MR) is 128 cm³/mol. The van der Waals surface area contributed by atoms with Gasteiger partial charge in [0, 0.05) is 32.5 Å². The van der Waals surface area contributed by atoms with Crippen LogP contribution in [0.3, 0.4) is 0 Å². The van der Waals surface area contributed by atoms with Crippen molar-refractivity contribution >= 4 is 33.5 Å². The molecule has 2 rings (SSSR count). The number of aliphatic hydroxyl groups excluding tert-OH is 1. The molecule has 1 aromatic carbocycles. The molecule has 0 aliphatic heterocycles. The van der Waals surface area contributed by atoms with Gasteiger partial charge in [-0.3, -0.25) is 14.8 Å². The van der Waals surface area contributed by atoms with Gasteiger partial charge in [0.05, 0.1) is 12.9 Å². The van der Waals surface area contributed by atoms with Crippen LogP contribution in [0.2, 0.25) is 0 Å². The number of carbonyl (C=O) groups excluding carboxylic acids is 1. The Balaban J connectivity index is 2.27. The zero-order valence-electron chi connectivity index (χ0n) is 20.1. The first-order valence-corrected chi connectivity index (χ1v) is 12.8. The Morgan fingerprint density at radius 3 is 2.30 bits per heavy atom. The molecular formula is C22H35N6O4S+. The molecule has 4 N–H and O–H groups in total. The Bertz CT molecular complexity index is 1040. The third-order valence-electron chi connectivity index (χ3n) is 5.18. The summed E-state index contributed by atoms with van der Waals surface area (Å²) in [7, 11) is -1.84. The first-order valence-electron chi connectivity index (χ1n) is 10.9. The quantitative estimate of drug-likeness (QED) is 0.439. The minimum Gasteiger partial charge on any atom is -0.390 e. The molecule has 1 aromatic heterocycles. The van der Waals surface area contributed by atoms with Gasteiger partial charge < -0.3 is 10.0 Å². The summed E-state index contributed by atoms with van der Waals surface area (Å²) in [5.41, 5.74) is 1.84. The van der Waals surface area contributed by atoms with Crippen molar-refractivity contribution in [3.63, 3.8) is 0 Å². The Kier molecular flexibility index (Phi) is 9.26. The van der Waals surface area contributed by atoms with E-state index >= 15 is 0 Å². The Labute approximate surface area is 195 Å². The number of amides is 1. The van der Waals surface area contributed by atoms with Gasteiger partial charge in [-0.05, 0) is 29.5 Å². The molecule has 0 aliphatic rings. The van der Waals surface area contributed by atoms with Gasteiger partial charge in [0.25, 0.3) is 0 Å². The van der Waals surface area contributed by atoms with Gasteiger partial charge >= 0.3 is 5.95 Å². The second-order valence-corrected chi connectivity index (χ2v) is 10.6. The number of nitrogens with two attached hydrogens (primary N) is 1. The summed E-state index contributed by atoms with van der Waals surface area (Å²) in [6.45, 7) is 7.61.